The molecule has 2 aliphatic rings. The van der Waals surface area contributed by atoms with Crippen LogP contribution >= 0.6 is 11.3 Å². The largest absolute Gasteiger partial charge is 0.506 e. The minimum absolute atomic E-state index is 0.0261. The van der Waals surface area contributed by atoms with Gasteiger partial charge in [-0.2, -0.15) is 4.39 Å². The van der Waals surface area contributed by atoms with Crippen LogP contribution < -0.4 is 15.6 Å². The summed E-state index contributed by atoms with van der Waals surface area (Å²) in [6, 6.07) is 5.34. The molecule has 1 aromatic carbocycles. The SMILES string of the molecule is CC1CCC2(CNc3ccc(ON(O)Nc4ncc(F)s4)cc3O)CCCN12. The van der Waals surface area contributed by atoms with Crippen LogP contribution in [0, 0.1) is 5.13 Å². The number of nitrogens with zero attached hydrogens (tertiary/aromatic N) is 3. The van der Waals surface area contributed by atoms with Crippen molar-refractivity contribution in [3.8, 4) is 11.5 Å². The zero-order valence-corrected chi connectivity index (χ0v) is 16.4. The van der Waals surface area contributed by atoms with Crippen molar-refractivity contribution in [2.75, 3.05) is 23.8 Å². The van der Waals surface area contributed by atoms with Crippen LogP contribution in [0.5, 0.6) is 11.5 Å². The van der Waals surface area contributed by atoms with Gasteiger partial charge in [-0.15, -0.1) is 0 Å². The van der Waals surface area contributed by atoms with E-state index in [1.807, 2.05) is 0 Å². The van der Waals surface area contributed by atoms with E-state index in [1.165, 1.54) is 31.7 Å². The number of aromatic hydroxyl groups is 1. The average Bonchev–Trinajstić information content (AvgIpc) is 3.32. The van der Waals surface area contributed by atoms with Crippen LogP contribution in [0.2, 0.25) is 0 Å². The first-order valence-corrected chi connectivity index (χ1v) is 10.2. The van der Waals surface area contributed by atoms with Crippen LogP contribution in [0.1, 0.15) is 32.6 Å². The van der Waals surface area contributed by atoms with Gasteiger partial charge in [0.2, 0.25) is 5.13 Å². The Morgan fingerprint density at radius 3 is 3.07 bits per heavy atom. The van der Waals surface area contributed by atoms with Crippen molar-refractivity contribution in [1.29, 1.82) is 0 Å². The number of benzene rings is 1. The third-order valence-corrected chi connectivity index (χ3v) is 6.34. The van der Waals surface area contributed by atoms with Gasteiger partial charge in [0, 0.05) is 24.2 Å². The fraction of sp³-hybridized carbons (Fsp3) is 0.500. The summed E-state index contributed by atoms with van der Waals surface area (Å²) in [5.74, 6) is 0.239. The Labute approximate surface area is 166 Å². The van der Waals surface area contributed by atoms with Gasteiger partial charge in [0.1, 0.15) is 5.75 Å². The van der Waals surface area contributed by atoms with Crippen LogP contribution in [0.25, 0.3) is 0 Å². The molecule has 2 atom stereocenters. The number of nitrogens with one attached hydrogen (secondary N) is 2. The molecule has 1 aromatic heterocycles. The first-order chi connectivity index (χ1) is 13.4. The number of fused-ring (bicyclic) bond motifs is 1. The van der Waals surface area contributed by atoms with E-state index in [4.69, 9.17) is 4.84 Å². The first-order valence-electron chi connectivity index (χ1n) is 9.34. The molecule has 4 rings (SSSR count). The highest BCUT2D eigenvalue weighted by Crippen LogP contribution is 2.42. The zero-order valence-electron chi connectivity index (χ0n) is 15.6. The Morgan fingerprint density at radius 1 is 1.46 bits per heavy atom. The van der Waals surface area contributed by atoms with E-state index in [2.05, 4.69) is 27.6 Å². The van der Waals surface area contributed by atoms with Crippen LogP contribution in [-0.2, 0) is 0 Å². The van der Waals surface area contributed by atoms with Crippen LogP contribution in [0.3, 0.4) is 0 Å². The summed E-state index contributed by atoms with van der Waals surface area (Å²) in [5, 5.41) is 23.4. The van der Waals surface area contributed by atoms with E-state index in [9.17, 15) is 14.7 Å². The summed E-state index contributed by atoms with van der Waals surface area (Å²) in [4.78, 5) is 11.4. The van der Waals surface area contributed by atoms with Crippen molar-refractivity contribution >= 4 is 22.2 Å². The highest BCUT2D eigenvalue weighted by molar-refractivity contribution is 7.13. The number of phenolic OH excluding ortho intramolecular Hbond substituents is 1. The minimum Gasteiger partial charge on any atom is -0.506 e. The summed E-state index contributed by atoms with van der Waals surface area (Å²) in [5.41, 5.74) is 3.16. The number of aromatic nitrogens is 1. The molecule has 2 fully saturated rings. The van der Waals surface area contributed by atoms with Crippen LogP contribution in [0.15, 0.2) is 24.4 Å². The summed E-state index contributed by atoms with van der Waals surface area (Å²) < 4.78 is 12.9. The molecule has 0 bridgehead atoms. The maximum atomic E-state index is 12.9. The second kappa shape index (κ2) is 7.70. The molecular formula is C18H24FN5O3S. The Morgan fingerprint density at radius 2 is 2.32 bits per heavy atom. The van der Waals surface area contributed by atoms with E-state index < -0.39 is 5.13 Å². The topological polar surface area (TPSA) is 93.1 Å². The molecule has 0 aliphatic carbocycles. The quantitative estimate of drug-likeness (QED) is 0.408. The molecule has 2 unspecified atom stereocenters. The van der Waals surface area contributed by atoms with Crippen molar-refractivity contribution in [1.82, 2.24) is 15.2 Å². The molecule has 28 heavy (non-hydrogen) atoms. The Bertz CT molecular complexity index is 837. The summed E-state index contributed by atoms with van der Waals surface area (Å²) in [7, 11) is 0. The van der Waals surface area contributed by atoms with Gasteiger partial charge in [0.15, 0.2) is 10.9 Å². The van der Waals surface area contributed by atoms with Gasteiger partial charge >= 0.3 is 0 Å². The molecule has 0 radical (unpaired) electrons. The molecule has 0 saturated carbocycles. The fourth-order valence-electron chi connectivity index (χ4n) is 4.32. The van der Waals surface area contributed by atoms with Crippen molar-refractivity contribution in [2.24, 2.45) is 0 Å². The van der Waals surface area contributed by atoms with Crippen molar-refractivity contribution in [3.63, 3.8) is 0 Å². The van der Waals surface area contributed by atoms with Crippen LogP contribution in [-0.4, -0.2) is 50.2 Å². The molecule has 3 heterocycles. The van der Waals surface area contributed by atoms with E-state index in [0.29, 0.717) is 17.1 Å². The van der Waals surface area contributed by atoms with Gasteiger partial charge < -0.3 is 15.3 Å². The summed E-state index contributed by atoms with van der Waals surface area (Å²) in [6.07, 6.45) is 5.81. The summed E-state index contributed by atoms with van der Waals surface area (Å²) in [6.45, 7) is 4.21. The Hall–Kier alpha value is -2.14. The number of thiazole rings is 1. The van der Waals surface area contributed by atoms with Crippen LogP contribution in [0.4, 0.5) is 15.2 Å². The first kappa shape index (κ1) is 19.2. The van der Waals surface area contributed by atoms with Gasteiger partial charge in [0.05, 0.1) is 17.2 Å². The standard InChI is InChI=1S/C18H24FN5O3S/c1-12-5-7-18(6-2-8-23(12)18)11-21-14-4-3-13(9-15(14)25)27-24(26)22-17-20-10-16(19)28-17/h3-4,9-10,12,21,25-26H,2,5-8,11H2,1H3,(H,20,22). The number of hydrogen-bond donors (Lipinski definition) is 4. The number of hydrogen-bond acceptors (Lipinski definition) is 9. The third-order valence-electron chi connectivity index (χ3n) is 5.65. The highest BCUT2D eigenvalue weighted by atomic mass is 32.1. The highest BCUT2D eigenvalue weighted by Gasteiger charge is 2.47. The monoisotopic (exact) mass is 409 g/mol. The van der Waals surface area contributed by atoms with E-state index >= 15 is 0 Å². The zero-order chi connectivity index (χ0) is 19.7. The third kappa shape index (κ3) is 3.86. The van der Waals surface area contributed by atoms with Gasteiger partial charge in [0.25, 0.3) is 0 Å². The Balaban J connectivity index is 1.35. The van der Waals surface area contributed by atoms with E-state index in [1.54, 1.807) is 12.1 Å². The predicted octanol–water partition coefficient (Wildman–Crippen LogP) is 3.43. The lowest BCUT2D eigenvalue weighted by molar-refractivity contribution is -0.262. The van der Waals surface area contributed by atoms with Gasteiger partial charge in [-0.3, -0.25) is 10.1 Å². The lowest BCUT2D eigenvalue weighted by atomic mass is 9.94. The second-order valence-corrected chi connectivity index (χ2v) is 8.37. The predicted molar refractivity (Wildman–Crippen MR) is 104 cm³/mol. The summed E-state index contributed by atoms with van der Waals surface area (Å²) >= 11 is 0.724. The van der Waals surface area contributed by atoms with Crippen molar-refractivity contribution in [3.05, 3.63) is 29.5 Å². The number of phenols is 1. The molecule has 152 valence electrons. The normalized spacial score (nSPS) is 24.5. The van der Waals surface area contributed by atoms with Crippen molar-refractivity contribution < 1.29 is 19.5 Å². The maximum Gasteiger partial charge on any atom is 0.204 e. The smallest absolute Gasteiger partial charge is 0.204 e. The number of rotatable bonds is 7. The van der Waals surface area contributed by atoms with Gasteiger partial charge in [-0.25, -0.2) is 10.4 Å². The second-order valence-electron chi connectivity index (χ2n) is 7.39. The molecular weight excluding hydrogens is 385 g/mol. The van der Waals surface area contributed by atoms with E-state index in [-0.39, 0.29) is 22.2 Å². The molecule has 4 N–H and O–H groups in total. The molecule has 2 saturated heterocycles. The molecule has 2 aromatic rings. The Kier molecular flexibility index (Phi) is 5.28. The molecule has 8 nitrogen and oxygen atoms in total. The lowest BCUT2D eigenvalue weighted by Gasteiger charge is -2.34. The molecule has 2 aliphatic heterocycles. The van der Waals surface area contributed by atoms with Gasteiger partial charge in [-0.1, -0.05) is 11.3 Å². The molecule has 10 heteroatoms. The van der Waals surface area contributed by atoms with E-state index in [0.717, 1.165) is 30.6 Å². The van der Waals surface area contributed by atoms with Crippen molar-refractivity contribution in [2.45, 2.75) is 44.2 Å². The van der Waals surface area contributed by atoms with Gasteiger partial charge in [-0.05, 0) is 51.3 Å². The lowest BCUT2D eigenvalue weighted by Crippen LogP contribution is -2.46. The number of halogens is 1. The molecule has 0 amide bonds. The maximum absolute atomic E-state index is 12.9. The minimum atomic E-state index is -0.485. The fourth-order valence-corrected chi connectivity index (χ4v) is 4.83. The number of anilines is 2. The average molecular weight is 409 g/mol. The molecule has 0 spiro atoms. The number of hydrazine groups is 1.